The van der Waals surface area contributed by atoms with Gasteiger partial charge in [0.2, 0.25) is 15.9 Å². The number of anilines is 1. The summed E-state index contributed by atoms with van der Waals surface area (Å²) in [5, 5.41) is 7.23. The number of rotatable bonds is 7. The Kier molecular flexibility index (Phi) is 6.13. The number of aromatic nitrogens is 3. The molecule has 2 aliphatic heterocycles. The van der Waals surface area contributed by atoms with Gasteiger partial charge >= 0.3 is 0 Å². The molecule has 0 saturated carbocycles. The number of piperazine rings is 1. The first-order chi connectivity index (χ1) is 16.4. The third-order valence-electron chi connectivity index (χ3n) is 6.43. The Balaban J connectivity index is 1.29. The van der Waals surface area contributed by atoms with Crippen molar-refractivity contribution in [2.24, 2.45) is 5.92 Å². The Labute approximate surface area is 198 Å². The lowest BCUT2D eigenvalue weighted by atomic mass is 10.1. The van der Waals surface area contributed by atoms with E-state index in [2.05, 4.69) is 20.3 Å². The van der Waals surface area contributed by atoms with Gasteiger partial charge in [0, 0.05) is 50.9 Å². The van der Waals surface area contributed by atoms with E-state index in [4.69, 9.17) is 4.74 Å². The Hall–Kier alpha value is -3.18. The summed E-state index contributed by atoms with van der Waals surface area (Å²) in [6, 6.07) is 7.85. The highest BCUT2D eigenvalue weighted by Crippen LogP contribution is 2.29. The van der Waals surface area contributed by atoms with Gasteiger partial charge in [-0.05, 0) is 36.6 Å². The first-order valence-electron chi connectivity index (χ1n) is 11.4. The number of carbonyl (C=O) groups excluding carboxylic acids is 1. The molecule has 0 aromatic carbocycles. The second-order valence-electron chi connectivity index (χ2n) is 8.82. The molecule has 3 aromatic rings. The number of sulfonamides is 1. The smallest absolute Gasteiger partial charge is 0.220 e. The number of nitrogens with one attached hydrogen (secondary N) is 1. The van der Waals surface area contributed by atoms with Gasteiger partial charge in [-0.3, -0.25) is 9.78 Å². The zero-order valence-electron chi connectivity index (χ0n) is 19.1. The number of ether oxygens (including phenoxy) is 1. The molecule has 2 aliphatic rings. The van der Waals surface area contributed by atoms with Gasteiger partial charge in [0.05, 0.1) is 36.6 Å². The number of hydrogen-bond donors (Lipinski definition) is 1. The van der Waals surface area contributed by atoms with Crippen LogP contribution >= 0.6 is 0 Å². The predicted molar refractivity (Wildman–Crippen MR) is 128 cm³/mol. The fourth-order valence-corrected chi connectivity index (χ4v) is 5.30. The zero-order valence-corrected chi connectivity index (χ0v) is 19.9. The van der Waals surface area contributed by atoms with Crippen molar-refractivity contribution in [3.63, 3.8) is 0 Å². The van der Waals surface area contributed by atoms with Crippen molar-refractivity contribution >= 4 is 27.1 Å². The SMILES string of the molecule is CS(=O)(=O)N1CCN(c2ccc(-c3cc(OCC[C@H]4CNC(=O)C4)c4ccnn4c3)nc2)CC1. The van der Waals surface area contributed by atoms with Crippen LogP contribution in [-0.4, -0.2) is 78.8 Å². The van der Waals surface area contributed by atoms with Crippen LogP contribution in [0.25, 0.3) is 16.8 Å². The minimum atomic E-state index is -3.15. The summed E-state index contributed by atoms with van der Waals surface area (Å²) in [4.78, 5) is 18.2. The molecule has 1 amide bonds. The molecular weight excluding hydrogens is 456 g/mol. The molecule has 0 unspecified atom stereocenters. The highest BCUT2D eigenvalue weighted by atomic mass is 32.2. The van der Waals surface area contributed by atoms with E-state index in [1.165, 1.54) is 10.6 Å². The lowest BCUT2D eigenvalue weighted by Gasteiger charge is -2.34. The van der Waals surface area contributed by atoms with Gasteiger partial charge in [0.1, 0.15) is 11.3 Å². The highest BCUT2D eigenvalue weighted by Gasteiger charge is 2.24. The molecule has 180 valence electrons. The van der Waals surface area contributed by atoms with Gasteiger partial charge in [-0.25, -0.2) is 12.9 Å². The molecule has 1 N–H and O–H groups in total. The number of nitrogens with zero attached hydrogens (tertiary/aromatic N) is 5. The van der Waals surface area contributed by atoms with E-state index in [0.29, 0.717) is 51.7 Å². The Morgan fingerprint density at radius 2 is 2.00 bits per heavy atom. The van der Waals surface area contributed by atoms with Gasteiger partial charge in [0.25, 0.3) is 0 Å². The maximum atomic E-state index is 11.7. The van der Waals surface area contributed by atoms with Crippen molar-refractivity contribution < 1.29 is 17.9 Å². The molecule has 11 heteroatoms. The Bertz CT molecular complexity index is 1280. The average Bonchev–Trinajstić information content (AvgIpc) is 3.47. The fraction of sp³-hybridized carbons (Fsp3) is 0.435. The minimum absolute atomic E-state index is 0.108. The van der Waals surface area contributed by atoms with Crippen molar-refractivity contribution in [3.05, 3.63) is 42.9 Å². The number of pyridine rings is 2. The summed E-state index contributed by atoms with van der Waals surface area (Å²) in [6.45, 7) is 3.45. The van der Waals surface area contributed by atoms with Crippen LogP contribution in [0.15, 0.2) is 42.9 Å². The van der Waals surface area contributed by atoms with E-state index in [1.54, 1.807) is 10.7 Å². The van der Waals surface area contributed by atoms with Gasteiger partial charge in [-0.15, -0.1) is 0 Å². The van der Waals surface area contributed by atoms with E-state index in [0.717, 1.165) is 34.6 Å². The van der Waals surface area contributed by atoms with Crippen molar-refractivity contribution in [2.45, 2.75) is 12.8 Å². The van der Waals surface area contributed by atoms with Crippen LogP contribution in [-0.2, 0) is 14.8 Å². The molecule has 2 saturated heterocycles. The maximum absolute atomic E-state index is 11.7. The molecule has 0 radical (unpaired) electrons. The second kappa shape index (κ2) is 9.22. The van der Waals surface area contributed by atoms with Crippen molar-refractivity contribution in [1.29, 1.82) is 0 Å². The minimum Gasteiger partial charge on any atom is -0.491 e. The molecule has 0 spiro atoms. The van der Waals surface area contributed by atoms with E-state index in [1.807, 2.05) is 36.7 Å². The van der Waals surface area contributed by atoms with Crippen molar-refractivity contribution in [2.75, 3.05) is 50.5 Å². The molecule has 5 rings (SSSR count). The number of amides is 1. The van der Waals surface area contributed by atoms with Crippen LogP contribution < -0.4 is 15.0 Å². The first kappa shape index (κ1) is 22.6. The van der Waals surface area contributed by atoms with E-state index < -0.39 is 10.0 Å². The summed E-state index contributed by atoms with van der Waals surface area (Å²) in [5.41, 5.74) is 3.53. The molecule has 34 heavy (non-hydrogen) atoms. The van der Waals surface area contributed by atoms with Crippen LogP contribution in [0, 0.1) is 5.92 Å². The number of carbonyl (C=O) groups is 1. The van der Waals surface area contributed by atoms with Gasteiger partial charge < -0.3 is 15.0 Å². The average molecular weight is 485 g/mol. The third-order valence-corrected chi connectivity index (χ3v) is 7.74. The molecule has 0 bridgehead atoms. The topological polar surface area (TPSA) is 109 Å². The molecule has 1 atom stereocenters. The Morgan fingerprint density at radius 3 is 2.68 bits per heavy atom. The van der Waals surface area contributed by atoms with Crippen LogP contribution in [0.5, 0.6) is 5.75 Å². The maximum Gasteiger partial charge on any atom is 0.220 e. The van der Waals surface area contributed by atoms with Crippen LogP contribution in [0.2, 0.25) is 0 Å². The second-order valence-corrected chi connectivity index (χ2v) is 10.8. The quantitative estimate of drug-likeness (QED) is 0.540. The molecular formula is C23H28N6O4S. The molecule has 5 heterocycles. The van der Waals surface area contributed by atoms with Crippen molar-refractivity contribution in [1.82, 2.24) is 24.2 Å². The molecule has 0 aliphatic carbocycles. The van der Waals surface area contributed by atoms with Gasteiger partial charge in [-0.1, -0.05) is 0 Å². The van der Waals surface area contributed by atoms with Crippen LogP contribution in [0.3, 0.4) is 0 Å². The number of fused-ring (bicyclic) bond motifs is 1. The van der Waals surface area contributed by atoms with Crippen LogP contribution in [0.4, 0.5) is 5.69 Å². The zero-order chi connectivity index (χ0) is 23.7. The van der Waals surface area contributed by atoms with Crippen LogP contribution in [0.1, 0.15) is 12.8 Å². The summed E-state index contributed by atoms with van der Waals surface area (Å²) < 4.78 is 32.9. The lowest BCUT2D eigenvalue weighted by molar-refractivity contribution is -0.119. The standard InChI is InChI=1S/C23H28N6O4S/c1-34(31,32)28-9-7-27(8-10-28)19-2-3-20(24-15-19)18-13-22(21-4-6-26-29(21)16-18)33-11-5-17-12-23(30)25-14-17/h2-4,6,13,15-17H,5,7-12,14H2,1H3,(H,25,30)/t17-/m1/s1. The largest absolute Gasteiger partial charge is 0.491 e. The third kappa shape index (κ3) is 4.85. The molecule has 3 aromatic heterocycles. The summed E-state index contributed by atoms with van der Waals surface area (Å²) in [7, 11) is -3.15. The normalized spacial score (nSPS) is 19.5. The predicted octanol–water partition coefficient (Wildman–Crippen LogP) is 1.38. The number of hydrogen-bond acceptors (Lipinski definition) is 7. The van der Waals surface area contributed by atoms with Crippen molar-refractivity contribution in [3.8, 4) is 17.0 Å². The summed E-state index contributed by atoms with van der Waals surface area (Å²) in [5.74, 6) is 1.15. The van der Waals surface area contributed by atoms with E-state index in [-0.39, 0.29) is 5.91 Å². The molecule has 10 nitrogen and oxygen atoms in total. The Morgan fingerprint density at radius 1 is 1.18 bits per heavy atom. The van der Waals surface area contributed by atoms with E-state index >= 15 is 0 Å². The summed E-state index contributed by atoms with van der Waals surface area (Å²) in [6.07, 6.45) is 8.10. The lowest BCUT2D eigenvalue weighted by Crippen LogP contribution is -2.48. The fourth-order valence-electron chi connectivity index (χ4n) is 4.48. The van der Waals surface area contributed by atoms with Gasteiger partial charge in [0.15, 0.2) is 0 Å². The first-order valence-corrected chi connectivity index (χ1v) is 13.2. The monoisotopic (exact) mass is 484 g/mol. The summed E-state index contributed by atoms with van der Waals surface area (Å²) >= 11 is 0. The highest BCUT2D eigenvalue weighted by molar-refractivity contribution is 7.88. The molecule has 2 fully saturated rings. The van der Waals surface area contributed by atoms with Gasteiger partial charge in [-0.2, -0.15) is 9.40 Å². The van der Waals surface area contributed by atoms with E-state index in [9.17, 15) is 13.2 Å².